The third kappa shape index (κ3) is 1.95. The van der Waals surface area contributed by atoms with Crippen LogP contribution in [0.1, 0.15) is 0 Å². The lowest BCUT2D eigenvalue weighted by atomic mass is 10.4. The summed E-state index contributed by atoms with van der Waals surface area (Å²) in [6.07, 6.45) is 0. The lowest BCUT2D eigenvalue weighted by Gasteiger charge is -1.92. The van der Waals surface area contributed by atoms with Gasteiger partial charge in [-0.15, -0.1) is 0 Å². The van der Waals surface area contributed by atoms with E-state index in [1.54, 1.807) is 6.07 Å². The molecule has 0 nitrogen and oxygen atoms in total. The van der Waals surface area contributed by atoms with Gasteiger partial charge in [-0.2, -0.15) is 0 Å². The van der Waals surface area contributed by atoms with Crippen molar-refractivity contribution in [2.45, 2.75) is 0 Å². The molecule has 1 radical (unpaired) electrons. The second-order valence-corrected chi connectivity index (χ2v) is 3.59. The smallest absolute Gasteiger partial charge is 0.0555 e. The van der Waals surface area contributed by atoms with Crippen molar-refractivity contribution in [2.24, 2.45) is 0 Å². The van der Waals surface area contributed by atoms with Crippen molar-refractivity contribution in [2.75, 3.05) is 0 Å². The van der Waals surface area contributed by atoms with Gasteiger partial charge in [0, 0.05) is 8.95 Å². The number of benzene rings is 1. The summed E-state index contributed by atoms with van der Waals surface area (Å²) >= 11 is 12.2. The third-order valence-corrected chi connectivity index (χ3v) is 2.47. The molecular formula is C6H2Br2Cl. The second kappa shape index (κ2) is 3.04. The Kier molecular flexibility index (Phi) is 2.56. The highest BCUT2D eigenvalue weighted by molar-refractivity contribution is 9.11. The second-order valence-electron chi connectivity index (χ2n) is 1.48. The summed E-state index contributed by atoms with van der Waals surface area (Å²) in [5.41, 5.74) is 0. The van der Waals surface area contributed by atoms with Gasteiger partial charge in [-0.05, 0) is 34.1 Å². The molecule has 1 rings (SSSR count). The van der Waals surface area contributed by atoms with E-state index in [0.717, 1.165) is 8.95 Å². The predicted molar refractivity (Wildman–Crippen MR) is 45.7 cm³/mol. The Hall–Kier alpha value is 0.470. The van der Waals surface area contributed by atoms with Crippen molar-refractivity contribution in [1.82, 2.24) is 0 Å². The van der Waals surface area contributed by atoms with E-state index < -0.39 is 0 Å². The molecule has 0 N–H and O–H groups in total. The fourth-order valence-electron chi connectivity index (χ4n) is 0.423. The van der Waals surface area contributed by atoms with Crippen LogP contribution in [0.2, 0.25) is 5.02 Å². The molecule has 1 aromatic carbocycles. The Labute approximate surface area is 75.5 Å². The quantitative estimate of drug-likeness (QED) is 0.630. The first-order valence-electron chi connectivity index (χ1n) is 2.22. The topological polar surface area (TPSA) is 0 Å². The first kappa shape index (κ1) is 7.58. The molecule has 3 heteroatoms. The molecule has 0 heterocycles. The first-order chi connectivity index (χ1) is 4.20. The van der Waals surface area contributed by atoms with E-state index in [1.165, 1.54) is 0 Å². The molecule has 0 aliphatic rings. The number of halogens is 3. The average molecular weight is 269 g/mol. The van der Waals surface area contributed by atoms with Gasteiger partial charge >= 0.3 is 0 Å². The summed E-state index contributed by atoms with van der Waals surface area (Å²) in [4.78, 5) is 0. The zero-order chi connectivity index (χ0) is 6.85. The molecule has 0 amide bonds. The molecule has 0 bridgehead atoms. The molecule has 0 aromatic heterocycles. The Bertz CT molecular complexity index is 222. The Balaban J connectivity index is 3.17. The van der Waals surface area contributed by atoms with Crippen molar-refractivity contribution < 1.29 is 0 Å². The fourth-order valence-corrected chi connectivity index (χ4v) is 1.53. The molecule has 0 fully saturated rings. The zero-order valence-electron chi connectivity index (χ0n) is 4.29. The van der Waals surface area contributed by atoms with Gasteiger partial charge in [0.15, 0.2) is 0 Å². The Morgan fingerprint density at radius 2 is 2.11 bits per heavy atom. The van der Waals surface area contributed by atoms with Crippen molar-refractivity contribution >= 4 is 43.5 Å². The molecule has 0 atom stereocenters. The van der Waals surface area contributed by atoms with Gasteiger partial charge in [0.25, 0.3) is 0 Å². The summed E-state index contributed by atoms with van der Waals surface area (Å²) < 4.78 is 1.79. The van der Waals surface area contributed by atoms with Crippen LogP contribution in [0.25, 0.3) is 0 Å². The average Bonchev–Trinajstić information content (AvgIpc) is 1.80. The van der Waals surface area contributed by atoms with E-state index in [0.29, 0.717) is 5.02 Å². The van der Waals surface area contributed by atoms with Crippen LogP contribution < -0.4 is 0 Å². The van der Waals surface area contributed by atoms with Crippen LogP contribution in [0.3, 0.4) is 0 Å². The maximum absolute atomic E-state index is 5.68. The summed E-state index contributed by atoms with van der Waals surface area (Å²) in [6, 6.07) is 6.45. The van der Waals surface area contributed by atoms with E-state index in [9.17, 15) is 0 Å². The summed E-state index contributed by atoms with van der Waals surface area (Å²) in [5.74, 6) is 0. The highest BCUT2D eigenvalue weighted by Crippen LogP contribution is 2.24. The fraction of sp³-hybridized carbons (Fsp3) is 0. The molecule has 0 spiro atoms. The van der Waals surface area contributed by atoms with Crippen molar-refractivity contribution in [3.63, 3.8) is 0 Å². The van der Waals surface area contributed by atoms with Gasteiger partial charge in [-0.25, -0.2) is 0 Å². The predicted octanol–water partition coefficient (Wildman–Crippen LogP) is 3.67. The standard InChI is InChI=1S/C6H2Br2Cl/c7-4-1-2-6(9)5(8)3-4/h2-3H. The van der Waals surface area contributed by atoms with Crippen LogP contribution in [-0.4, -0.2) is 0 Å². The Morgan fingerprint density at radius 3 is 2.56 bits per heavy atom. The molecule has 1 aromatic rings. The van der Waals surface area contributed by atoms with Gasteiger partial charge in [-0.3, -0.25) is 0 Å². The molecule has 0 aliphatic carbocycles. The molecule has 0 saturated heterocycles. The molecule has 0 unspecified atom stereocenters. The largest absolute Gasteiger partial charge is 0.0831 e. The van der Waals surface area contributed by atoms with Gasteiger partial charge in [0.1, 0.15) is 0 Å². The molecule has 0 saturated carbocycles. The first-order valence-corrected chi connectivity index (χ1v) is 4.19. The van der Waals surface area contributed by atoms with E-state index in [-0.39, 0.29) is 0 Å². The minimum absolute atomic E-state index is 0.679. The van der Waals surface area contributed by atoms with E-state index in [2.05, 4.69) is 37.9 Å². The zero-order valence-corrected chi connectivity index (χ0v) is 8.22. The highest BCUT2D eigenvalue weighted by Gasteiger charge is 1.94. The monoisotopic (exact) mass is 267 g/mol. The molecular weight excluding hydrogens is 267 g/mol. The van der Waals surface area contributed by atoms with Crippen LogP contribution in [0.15, 0.2) is 21.1 Å². The SMILES string of the molecule is Clc1c[c]c(Br)cc1Br. The summed E-state index contributed by atoms with van der Waals surface area (Å²) in [7, 11) is 0. The maximum atomic E-state index is 5.68. The van der Waals surface area contributed by atoms with Gasteiger partial charge in [0.05, 0.1) is 5.02 Å². The van der Waals surface area contributed by atoms with Gasteiger partial charge < -0.3 is 0 Å². The summed E-state index contributed by atoms with van der Waals surface area (Å²) in [5, 5.41) is 0.679. The molecule has 9 heavy (non-hydrogen) atoms. The third-order valence-electron chi connectivity index (χ3n) is 0.818. The lowest BCUT2D eigenvalue weighted by Crippen LogP contribution is -1.68. The summed E-state index contributed by atoms with van der Waals surface area (Å²) in [6.45, 7) is 0. The van der Waals surface area contributed by atoms with Crippen molar-refractivity contribution in [3.05, 3.63) is 32.2 Å². The molecule has 47 valence electrons. The lowest BCUT2D eigenvalue weighted by molar-refractivity contribution is 1.59. The van der Waals surface area contributed by atoms with Crippen LogP contribution in [-0.2, 0) is 0 Å². The van der Waals surface area contributed by atoms with Gasteiger partial charge in [-0.1, -0.05) is 27.5 Å². The Morgan fingerprint density at radius 1 is 1.44 bits per heavy atom. The van der Waals surface area contributed by atoms with Crippen LogP contribution in [0.4, 0.5) is 0 Å². The number of hydrogen-bond donors (Lipinski definition) is 0. The highest BCUT2D eigenvalue weighted by atomic mass is 79.9. The van der Waals surface area contributed by atoms with Crippen LogP contribution in [0.5, 0.6) is 0 Å². The van der Waals surface area contributed by atoms with Crippen molar-refractivity contribution in [3.8, 4) is 0 Å². The normalized spacial score (nSPS) is 9.67. The van der Waals surface area contributed by atoms with Crippen LogP contribution >= 0.6 is 43.5 Å². The van der Waals surface area contributed by atoms with Gasteiger partial charge in [0.2, 0.25) is 0 Å². The van der Waals surface area contributed by atoms with E-state index in [1.807, 2.05) is 6.07 Å². The minimum Gasteiger partial charge on any atom is -0.0831 e. The number of hydrogen-bond acceptors (Lipinski definition) is 0. The molecule has 0 aliphatic heterocycles. The number of rotatable bonds is 0. The minimum atomic E-state index is 0.679. The van der Waals surface area contributed by atoms with Crippen molar-refractivity contribution in [1.29, 1.82) is 0 Å². The van der Waals surface area contributed by atoms with Crippen LogP contribution in [0, 0.1) is 6.07 Å². The van der Waals surface area contributed by atoms with E-state index in [4.69, 9.17) is 11.6 Å². The van der Waals surface area contributed by atoms with E-state index >= 15 is 0 Å². The maximum Gasteiger partial charge on any atom is 0.0555 e.